The van der Waals surface area contributed by atoms with Gasteiger partial charge in [-0.2, -0.15) is 0 Å². The summed E-state index contributed by atoms with van der Waals surface area (Å²) < 4.78 is 12.2. The lowest BCUT2D eigenvalue weighted by Crippen LogP contribution is -2.20. The summed E-state index contributed by atoms with van der Waals surface area (Å²) in [5, 5.41) is 2.88. The highest BCUT2D eigenvalue weighted by molar-refractivity contribution is 14.1. The Kier molecular flexibility index (Phi) is 6.14. The molecule has 7 nitrogen and oxygen atoms in total. The van der Waals surface area contributed by atoms with Gasteiger partial charge in [-0.1, -0.05) is 6.07 Å². The van der Waals surface area contributed by atoms with Crippen molar-refractivity contribution in [3.8, 4) is 0 Å². The molecule has 1 N–H and O–H groups in total. The van der Waals surface area contributed by atoms with Crippen LogP contribution in [0.25, 0.3) is 11.1 Å². The van der Waals surface area contributed by atoms with Gasteiger partial charge in [0.2, 0.25) is 0 Å². The van der Waals surface area contributed by atoms with E-state index in [0.29, 0.717) is 23.5 Å². The topological polar surface area (TPSA) is 84.4 Å². The van der Waals surface area contributed by atoms with E-state index < -0.39 is 0 Å². The average molecular weight is 516 g/mol. The molecule has 3 aromatic heterocycles. The van der Waals surface area contributed by atoms with Crippen molar-refractivity contribution in [2.75, 3.05) is 18.9 Å². The number of likely N-dealkylation sites (N-methyl/N-ethyl adjacent to an activating group) is 1. The van der Waals surface area contributed by atoms with Gasteiger partial charge in [0.25, 0.3) is 5.91 Å². The van der Waals surface area contributed by atoms with E-state index in [1.54, 1.807) is 18.3 Å². The third-order valence-electron chi connectivity index (χ3n) is 4.81. The summed E-state index contributed by atoms with van der Waals surface area (Å²) in [6.45, 7) is 3.42. The number of hydrogen-bond donors (Lipinski definition) is 1. The molecule has 0 aliphatic heterocycles. The van der Waals surface area contributed by atoms with E-state index in [9.17, 15) is 4.79 Å². The molecule has 4 aromatic rings. The number of hydrogen-bond acceptors (Lipinski definition) is 6. The van der Waals surface area contributed by atoms with Gasteiger partial charge in [0.05, 0.1) is 12.7 Å². The lowest BCUT2D eigenvalue weighted by atomic mass is 10.1. The Bertz CT molecular complexity index is 1170. The fourth-order valence-corrected chi connectivity index (χ4v) is 3.83. The van der Waals surface area contributed by atoms with Crippen LogP contribution in [0.4, 0.5) is 5.82 Å². The van der Waals surface area contributed by atoms with Crippen molar-refractivity contribution in [3.63, 3.8) is 0 Å². The number of pyridine rings is 1. The van der Waals surface area contributed by atoms with Gasteiger partial charge in [0, 0.05) is 21.2 Å². The van der Waals surface area contributed by atoms with Crippen molar-refractivity contribution in [2.45, 2.75) is 19.9 Å². The molecule has 1 amide bonds. The Labute approximate surface area is 187 Å². The summed E-state index contributed by atoms with van der Waals surface area (Å²) in [6.07, 6.45) is 3.93. The van der Waals surface area contributed by atoms with E-state index in [1.165, 1.54) is 6.39 Å². The van der Waals surface area contributed by atoms with Crippen molar-refractivity contribution in [2.24, 2.45) is 0 Å². The second-order valence-electron chi connectivity index (χ2n) is 7.10. The maximum Gasteiger partial charge on any atom is 0.256 e. The number of rotatable bonds is 7. The van der Waals surface area contributed by atoms with Crippen LogP contribution >= 0.6 is 22.6 Å². The maximum atomic E-state index is 12.6. The minimum Gasteiger partial charge on any atom is -0.459 e. The molecular weight excluding hydrogens is 495 g/mol. The molecule has 0 atom stereocenters. The largest absolute Gasteiger partial charge is 0.459 e. The molecule has 154 valence electrons. The highest BCUT2D eigenvalue weighted by Gasteiger charge is 2.15. The van der Waals surface area contributed by atoms with Gasteiger partial charge in [-0.3, -0.25) is 9.69 Å². The first-order chi connectivity index (χ1) is 14.5. The molecule has 30 heavy (non-hydrogen) atoms. The van der Waals surface area contributed by atoms with E-state index in [0.717, 1.165) is 39.1 Å². The Morgan fingerprint density at radius 2 is 2.13 bits per heavy atom. The van der Waals surface area contributed by atoms with Gasteiger partial charge in [-0.15, -0.1) is 0 Å². The van der Waals surface area contributed by atoms with Crippen molar-refractivity contribution < 1.29 is 13.6 Å². The van der Waals surface area contributed by atoms with Crippen molar-refractivity contribution in [1.82, 2.24) is 14.9 Å². The Morgan fingerprint density at radius 1 is 1.27 bits per heavy atom. The summed E-state index contributed by atoms with van der Waals surface area (Å²) in [4.78, 5) is 23.3. The third kappa shape index (κ3) is 4.71. The van der Waals surface area contributed by atoms with E-state index in [2.05, 4.69) is 42.8 Å². The number of aromatic nitrogens is 2. The normalized spacial score (nSPS) is 11.3. The lowest BCUT2D eigenvalue weighted by Gasteiger charge is -2.14. The molecule has 0 aliphatic carbocycles. The van der Waals surface area contributed by atoms with Crippen LogP contribution in [-0.2, 0) is 13.0 Å². The van der Waals surface area contributed by atoms with Gasteiger partial charge in [0.15, 0.2) is 12.0 Å². The molecule has 0 saturated carbocycles. The number of carbonyl (C=O) groups excluding carboxylic acids is 1. The molecule has 0 spiro atoms. The number of anilines is 1. The Balaban J connectivity index is 1.50. The first kappa shape index (κ1) is 20.5. The predicted molar refractivity (Wildman–Crippen MR) is 122 cm³/mol. The highest BCUT2D eigenvalue weighted by Crippen LogP contribution is 2.26. The van der Waals surface area contributed by atoms with Crippen LogP contribution in [0, 0.1) is 10.5 Å². The van der Waals surface area contributed by atoms with Crippen molar-refractivity contribution >= 4 is 45.4 Å². The third-order valence-corrected chi connectivity index (χ3v) is 5.48. The van der Waals surface area contributed by atoms with E-state index in [-0.39, 0.29) is 5.91 Å². The molecule has 3 heterocycles. The number of nitrogens with zero attached hydrogens (tertiary/aromatic N) is 3. The molecule has 0 unspecified atom stereocenters. The van der Waals surface area contributed by atoms with Crippen LogP contribution in [0.15, 0.2) is 57.8 Å². The summed E-state index contributed by atoms with van der Waals surface area (Å²) in [5.74, 6) is 1.98. The number of fused-ring (bicyclic) bond motifs is 1. The summed E-state index contributed by atoms with van der Waals surface area (Å²) in [7, 11) is 2.03. The Morgan fingerprint density at radius 3 is 2.90 bits per heavy atom. The monoisotopic (exact) mass is 516 g/mol. The summed E-state index contributed by atoms with van der Waals surface area (Å²) >= 11 is 2.19. The fourth-order valence-electron chi connectivity index (χ4n) is 3.29. The number of furan rings is 1. The van der Waals surface area contributed by atoms with Crippen LogP contribution in [0.1, 0.15) is 27.4 Å². The van der Waals surface area contributed by atoms with Crippen LogP contribution in [-0.4, -0.2) is 34.4 Å². The van der Waals surface area contributed by atoms with Gasteiger partial charge in [-0.05, 0) is 73.3 Å². The van der Waals surface area contributed by atoms with Crippen LogP contribution in [0.5, 0.6) is 0 Å². The van der Waals surface area contributed by atoms with E-state index in [4.69, 9.17) is 8.83 Å². The van der Waals surface area contributed by atoms with Gasteiger partial charge in [0.1, 0.15) is 22.9 Å². The van der Waals surface area contributed by atoms with Gasteiger partial charge in [-0.25, -0.2) is 9.97 Å². The molecule has 0 saturated heterocycles. The van der Waals surface area contributed by atoms with Crippen LogP contribution in [0.3, 0.4) is 0 Å². The van der Waals surface area contributed by atoms with Crippen LogP contribution < -0.4 is 5.32 Å². The minimum atomic E-state index is -0.186. The first-order valence-corrected chi connectivity index (χ1v) is 10.6. The second kappa shape index (κ2) is 8.97. The number of carbonyl (C=O) groups is 1. The number of aryl methyl sites for hydroxylation is 1. The van der Waals surface area contributed by atoms with Gasteiger partial charge < -0.3 is 14.2 Å². The van der Waals surface area contributed by atoms with E-state index in [1.807, 2.05) is 38.2 Å². The number of benzene rings is 1. The summed E-state index contributed by atoms with van der Waals surface area (Å²) in [6, 6.07) is 11.0. The van der Waals surface area contributed by atoms with Gasteiger partial charge >= 0.3 is 0 Å². The highest BCUT2D eigenvalue weighted by atomic mass is 127. The maximum absolute atomic E-state index is 12.6. The Hall–Kier alpha value is -2.72. The predicted octanol–water partition coefficient (Wildman–Crippen LogP) is 4.66. The zero-order chi connectivity index (χ0) is 21.1. The van der Waals surface area contributed by atoms with Crippen LogP contribution in [0.2, 0.25) is 0 Å². The molecule has 0 bridgehead atoms. The average Bonchev–Trinajstić information content (AvgIpc) is 3.33. The lowest BCUT2D eigenvalue weighted by molar-refractivity contribution is 0.102. The molecular formula is C22H21IN4O3. The number of nitrogens with one attached hydrogen (secondary N) is 1. The molecule has 4 rings (SSSR count). The van der Waals surface area contributed by atoms with Crippen molar-refractivity contribution in [3.05, 3.63) is 75.2 Å². The van der Waals surface area contributed by atoms with Crippen molar-refractivity contribution in [1.29, 1.82) is 0 Å². The molecule has 1 aromatic carbocycles. The summed E-state index contributed by atoms with van der Waals surface area (Å²) in [5.41, 5.74) is 3.13. The molecule has 0 fully saturated rings. The fraction of sp³-hybridized carbons (Fsp3) is 0.227. The number of halogens is 1. The zero-order valence-corrected chi connectivity index (χ0v) is 18.8. The second-order valence-corrected chi connectivity index (χ2v) is 8.35. The van der Waals surface area contributed by atoms with E-state index >= 15 is 0 Å². The molecule has 0 aliphatic rings. The molecule has 8 heteroatoms. The quantitative estimate of drug-likeness (QED) is 0.360. The number of amides is 1. The minimum absolute atomic E-state index is 0.186. The molecule has 0 radical (unpaired) electrons. The number of oxazole rings is 1. The standard InChI is InChI=1S/C22H21IN4O3/c1-14-18(8-9-27(2)12-17-11-24-13-29-17)21-19(30-14)6-7-20(25-21)26-22(28)15-4-3-5-16(23)10-15/h3-7,10-11,13H,8-9,12H2,1-2H3,(H,25,26,28). The first-order valence-electron chi connectivity index (χ1n) is 9.51. The SMILES string of the molecule is Cc1oc2ccc(NC(=O)c3cccc(I)c3)nc2c1CCN(C)Cc1cnco1. The smallest absolute Gasteiger partial charge is 0.256 e. The zero-order valence-electron chi connectivity index (χ0n) is 16.7.